The van der Waals surface area contributed by atoms with Crippen molar-refractivity contribution in [2.24, 2.45) is 4.99 Å². The number of nitrogens with zero attached hydrogens (tertiary/aromatic N) is 1. The lowest BCUT2D eigenvalue weighted by Gasteiger charge is -2.21. The minimum Gasteiger partial charge on any atom is -0.467 e. The van der Waals surface area contributed by atoms with Crippen LogP contribution in [0.5, 0.6) is 0 Å². The van der Waals surface area contributed by atoms with Gasteiger partial charge in [-0.25, -0.2) is 4.79 Å². The summed E-state index contributed by atoms with van der Waals surface area (Å²) in [6.45, 7) is 4.97. The average Bonchev–Trinajstić information content (AvgIpc) is 2.54. The second-order valence-corrected chi connectivity index (χ2v) is 5.07. The molecule has 0 saturated carbocycles. The highest BCUT2D eigenvalue weighted by Gasteiger charge is 2.37. The van der Waals surface area contributed by atoms with Crippen molar-refractivity contribution < 1.29 is 35.9 Å². The van der Waals surface area contributed by atoms with Gasteiger partial charge in [-0.3, -0.25) is 4.99 Å². The molecule has 1 rings (SSSR count). The maximum absolute atomic E-state index is 12.8. The Hall–Kier alpha value is -2.32. The Morgan fingerprint density at radius 3 is 1.92 bits per heavy atom. The lowest BCUT2D eigenvalue weighted by Crippen LogP contribution is -2.35. The molecule has 0 bridgehead atoms. The third-order valence-electron chi connectivity index (χ3n) is 3.47. The SMILES string of the molecule is C=CC(CC)(/N=C/c1cc(C(F)(F)F)cc(C(F)(F)F)c1)C(=O)OC. The number of carbonyl (C=O) groups excluding carboxylic acids is 1. The predicted molar refractivity (Wildman–Crippen MR) is 79.3 cm³/mol. The molecule has 0 fully saturated rings. The first-order chi connectivity index (χ1) is 11.4. The van der Waals surface area contributed by atoms with Crippen LogP contribution in [-0.2, 0) is 21.9 Å². The molecule has 1 unspecified atom stereocenters. The first-order valence-corrected chi connectivity index (χ1v) is 6.96. The number of ether oxygens (including phenoxy) is 1. The summed E-state index contributed by atoms with van der Waals surface area (Å²) in [5, 5.41) is 0. The molecule has 9 heteroatoms. The van der Waals surface area contributed by atoms with Crippen molar-refractivity contribution in [1.29, 1.82) is 0 Å². The van der Waals surface area contributed by atoms with Gasteiger partial charge >= 0.3 is 18.3 Å². The topological polar surface area (TPSA) is 38.7 Å². The van der Waals surface area contributed by atoms with Crippen molar-refractivity contribution >= 4 is 12.2 Å². The van der Waals surface area contributed by atoms with E-state index in [4.69, 9.17) is 0 Å². The molecule has 1 atom stereocenters. The molecule has 3 nitrogen and oxygen atoms in total. The Labute approximate surface area is 140 Å². The molecule has 0 aromatic heterocycles. The molecule has 0 aliphatic rings. The Morgan fingerprint density at radius 2 is 1.60 bits per heavy atom. The average molecular weight is 367 g/mol. The molecule has 0 N–H and O–H groups in total. The Kier molecular flexibility index (Phi) is 6.04. The zero-order chi connectivity index (χ0) is 19.5. The van der Waals surface area contributed by atoms with E-state index in [9.17, 15) is 31.1 Å². The van der Waals surface area contributed by atoms with Crippen LogP contribution >= 0.6 is 0 Å². The minimum absolute atomic E-state index is 0.0121. The van der Waals surface area contributed by atoms with Gasteiger partial charge in [0.2, 0.25) is 0 Å². The fourth-order valence-corrected chi connectivity index (χ4v) is 1.99. The van der Waals surface area contributed by atoms with Gasteiger partial charge in [-0.15, -0.1) is 6.58 Å². The summed E-state index contributed by atoms with van der Waals surface area (Å²) in [4.78, 5) is 15.6. The number of aliphatic imine (C=N–C) groups is 1. The molecule has 0 aliphatic carbocycles. The number of hydrogen-bond acceptors (Lipinski definition) is 3. The normalized spacial score (nSPS) is 15.0. The van der Waals surface area contributed by atoms with Gasteiger partial charge in [0, 0.05) is 6.21 Å². The molecular weight excluding hydrogens is 352 g/mol. The largest absolute Gasteiger partial charge is 0.467 e. The second-order valence-electron chi connectivity index (χ2n) is 5.07. The van der Waals surface area contributed by atoms with E-state index in [0.717, 1.165) is 19.4 Å². The van der Waals surface area contributed by atoms with Crippen LogP contribution < -0.4 is 0 Å². The summed E-state index contributed by atoms with van der Waals surface area (Å²) in [6, 6.07) is 1.04. The number of alkyl halides is 6. The fourth-order valence-electron chi connectivity index (χ4n) is 1.99. The molecule has 0 amide bonds. The molecule has 0 radical (unpaired) electrons. The lowest BCUT2D eigenvalue weighted by molar-refractivity contribution is -0.145. The molecule has 0 saturated heterocycles. The van der Waals surface area contributed by atoms with Gasteiger partial charge in [0.1, 0.15) is 0 Å². The van der Waals surface area contributed by atoms with Crippen molar-refractivity contribution in [1.82, 2.24) is 0 Å². The second kappa shape index (κ2) is 7.28. The van der Waals surface area contributed by atoms with E-state index in [1.54, 1.807) is 6.92 Å². The van der Waals surface area contributed by atoms with E-state index in [2.05, 4.69) is 16.3 Å². The van der Waals surface area contributed by atoms with E-state index in [1.807, 2.05) is 0 Å². The van der Waals surface area contributed by atoms with Crippen molar-refractivity contribution in [3.8, 4) is 0 Å². The highest BCUT2D eigenvalue weighted by molar-refractivity contribution is 5.88. The quantitative estimate of drug-likeness (QED) is 0.329. The molecule has 0 spiro atoms. The number of benzene rings is 1. The highest BCUT2D eigenvalue weighted by atomic mass is 19.4. The summed E-state index contributed by atoms with van der Waals surface area (Å²) in [5.74, 6) is -0.829. The summed E-state index contributed by atoms with van der Waals surface area (Å²) in [6.07, 6.45) is -7.98. The zero-order valence-corrected chi connectivity index (χ0v) is 13.3. The van der Waals surface area contributed by atoms with E-state index >= 15 is 0 Å². The fraction of sp³-hybridized carbons (Fsp3) is 0.375. The Morgan fingerprint density at radius 1 is 1.12 bits per heavy atom. The highest BCUT2D eigenvalue weighted by Crippen LogP contribution is 2.36. The van der Waals surface area contributed by atoms with Gasteiger partial charge in [0.25, 0.3) is 0 Å². The van der Waals surface area contributed by atoms with E-state index in [1.165, 1.54) is 0 Å². The van der Waals surface area contributed by atoms with Crippen molar-refractivity contribution in [2.75, 3.05) is 7.11 Å². The molecule has 0 aliphatic heterocycles. The molecule has 25 heavy (non-hydrogen) atoms. The maximum Gasteiger partial charge on any atom is 0.416 e. The zero-order valence-electron chi connectivity index (χ0n) is 13.3. The van der Waals surface area contributed by atoms with Crippen molar-refractivity contribution in [3.05, 3.63) is 47.5 Å². The number of esters is 1. The van der Waals surface area contributed by atoms with E-state index < -0.39 is 40.6 Å². The van der Waals surface area contributed by atoms with E-state index in [-0.39, 0.29) is 12.5 Å². The van der Waals surface area contributed by atoms with Crippen LogP contribution in [0.4, 0.5) is 26.3 Å². The van der Waals surface area contributed by atoms with Crippen LogP contribution in [0.1, 0.15) is 30.0 Å². The molecule has 1 aromatic rings. The van der Waals surface area contributed by atoms with Gasteiger partial charge < -0.3 is 4.74 Å². The van der Waals surface area contributed by atoms with Crippen molar-refractivity contribution in [2.45, 2.75) is 31.2 Å². The monoisotopic (exact) mass is 367 g/mol. The number of hydrogen-bond donors (Lipinski definition) is 0. The maximum atomic E-state index is 12.8. The van der Waals surface area contributed by atoms with Gasteiger partial charge in [0.15, 0.2) is 5.54 Å². The summed E-state index contributed by atoms with van der Waals surface area (Å²) in [7, 11) is 1.08. The molecule has 1 aromatic carbocycles. The number of carbonyl (C=O) groups is 1. The summed E-state index contributed by atoms with van der Waals surface area (Å²) in [5.41, 5.74) is -4.99. The number of rotatable bonds is 5. The molecule has 0 heterocycles. The van der Waals surface area contributed by atoms with Gasteiger partial charge in [0.05, 0.1) is 18.2 Å². The number of methoxy groups -OCH3 is 1. The summed E-state index contributed by atoms with van der Waals surface area (Å²) < 4.78 is 81.5. The third kappa shape index (κ3) is 4.83. The molecule has 138 valence electrons. The van der Waals surface area contributed by atoms with Crippen molar-refractivity contribution in [3.63, 3.8) is 0 Å². The first kappa shape index (κ1) is 20.7. The van der Waals surface area contributed by atoms with Gasteiger partial charge in [-0.05, 0) is 30.2 Å². The predicted octanol–water partition coefficient (Wildman–Crippen LogP) is 4.65. The molecular formula is C16H15F6NO2. The van der Waals surface area contributed by atoms with E-state index in [0.29, 0.717) is 12.1 Å². The van der Waals surface area contributed by atoms with Crippen LogP contribution in [0.15, 0.2) is 35.8 Å². The van der Waals surface area contributed by atoms with Crippen LogP contribution in [0.3, 0.4) is 0 Å². The lowest BCUT2D eigenvalue weighted by atomic mass is 9.97. The van der Waals surface area contributed by atoms with Gasteiger partial charge in [-0.2, -0.15) is 26.3 Å². The smallest absolute Gasteiger partial charge is 0.416 e. The Balaban J connectivity index is 3.46. The van der Waals surface area contributed by atoms with Crippen LogP contribution in [-0.4, -0.2) is 24.8 Å². The standard InChI is InChI=1S/C16H15F6NO2/c1-4-14(5-2,13(24)25-3)23-9-10-6-11(15(17,18)19)8-12(7-10)16(20,21)22/h4,6-9H,1,5H2,2-3H3/b23-9+. The van der Waals surface area contributed by atoms with Crippen LogP contribution in [0.2, 0.25) is 0 Å². The summed E-state index contributed by atoms with van der Waals surface area (Å²) >= 11 is 0. The minimum atomic E-state index is -4.97. The van der Waals surface area contributed by atoms with Crippen LogP contribution in [0.25, 0.3) is 0 Å². The first-order valence-electron chi connectivity index (χ1n) is 6.96. The number of halogens is 6. The third-order valence-corrected chi connectivity index (χ3v) is 3.47. The van der Waals surface area contributed by atoms with Gasteiger partial charge in [-0.1, -0.05) is 13.0 Å². The van der Waals surface area contributed by atoms with Crippen LogP contribution in [0, 0.1) is 0 Å². The Bertz CT molecular complexity index is 646.